The molecule has 136 valence electrons. The van der Waals surface area contributed by atoms with Gasteiger partial charge in [-0.1, -0.05) is 36.4 Å². The van der Waals surface area contributed by atoms with Crippen LogP contribution in [0, 0.1) is 12.8 Å². The number of pyridine rings is 1. The molecule has 2 aromatic carbocycles. The largest absolute Gasteiger partial charge is 0.324 e. The fourth-order valence-electron chi connectivity index (χ4n) is 3.61. The van der Waals surface area contributed by atoms with Crippen molar-refractivity contribution in [2.24, 2.45) is 5.92 Å². The monoisotopic (exact) mass is 357 g/mol. The van der Waals surface area contributed by atoms with E-state index in [-0.39, 0.29) is 6.03 Å². The molecule has 0 aliphatic carbocycles. The number of hydrogen-bond acceptors (Lipinski definition) is 2. The van der Waals surface area contributed by atoms with E-state index in [1.807, 2.05) is 35.2 Å². The lowest BCUT2D eigenvalue weighted by Crippen LogP contribution is -2.52. The number of nitrogens with zero attached hydrogens (tertiary/aromatic N) is 2. The highest BCUT2D eigenvalue weighted by Gasteiger charge is 2.30. The summed E-state index contributed by atoms with van der Waals surface area (Å²) in [6.45, 7) is 3.69. The highest BCUT2D eigenvalue weighted by Crippen LogP contribution is 2.26. The predicted molar refractivity (Wildman–Crippen MR) is 109 cm³/mol. The summed E-state index contributed by atoms with van der Waals surface area (Å²) in [5, 5.41) is 3.02. The molecule has 0 spiro atoms. The number of anilines is 1. The standard InChI is InChI=1S/C23H23N3O/c1-17-13-21(7-8-22(17)20-9-11-24-12-10-20)25-23(27)26-15-19(16-26)14-18-5-3-2-4-6-18/h2-13,19H,14-16H2,1H3,(H,25,27). The van der Waals surface area contributed by atoms with Crippen molar-refractivity contribution in [2.75, 3.05) is 18.4 Å². The number of carbonyl (C=O) groups excluding carboxylic acids is 1. The molecule has 4 heteroatoms. The minimum atomic E-state index is -0.0182. The van der Waals surface area contributed by atoms with E-state index in [0.717, 1.165) is 41.9 Å². The topological polar surface area (TPSA) is 45.2 Å². The first-order valence-corrected chi connectivity index (χ1v) is 9.30. The average Bonchev–Trinajstić information content (AvgIpc) is 2.66. The lowest BCUT2D eigenvalue weighted by atomic mass is 9.92. The van der Waals surface area contributed by atoms with E-state index in [9.17, 15) is 4.79 Å². The molecule has 0 unspecified atom stereocenters. The van der Waals surface area contributed by atoms with Gasteiger partial charge in [-0.2, -0.15) is 0 Å². The Morgan fingerprint density at radius 2 is 1.81 bits per heavy atom. The number of benzene rings is 2. The molecule has 0 atom stereocenters. The summed E-state index contributed by atoms with van der Waals surface area (Å²) in [6, 6.07) is 20.5. The first-order chi connectivity index (χ1) is 13.2. The van der Waals surface area contributed by atoms with Crippen LogP contribution in [0.3, 0.4) is 0 Å². The number of hydrogen-bond donors (Lipinski definition) is 1. The Morgan fingerprint density at radius 3 is 2.52 bits per heavy atom. The Balaban J connectivity index is 1.33. The van der Waals surface area contributed by atoms with E-state index in [1.165, 1.54) is 5.56 Å². The zero-order chi connectivity index (χ0) is 18.6. The van der Waals surface area contributed by atoms with Crippen molar-refractivity contribution in [3.05, 3.63) is 84.2 Å². The Bertz CT molecular complexity index is 919. The molecule has 2 heterocycles. The van der Waals surface area contributed by atoms with Crippen LogP contribution in [0.2, 0.25) is 0 Å². The Labute approximate surface area is 159 Å². The molecular formula is C23H23N3O. The van der Waals surface area contributed by atoms with Crippen molar-refractivity contribution in [1.29, 1.82) is 0 Å². The van der Waals surface area contributed by atoms with Gasteiger partial charge in [0.2, 0.25) is 0 Å². The number of aryl methyl sites for hydroxylation is 1. The third-order valence-electron chi connectivity index (χ3n) is 5.08. The second-order valence-electron chi connectivity index (χ2n) is 7.16. The number of carbonyl (C=O) groups is 1. The maximum absolute atomic E-state index is 12.5. The van der Waals surface area contributed by atoms with Gasteiger partial charge >= 0.3 is 6.03 Å². The van der Waals surface area contributed by atoms with Crippen LogP contribution in [-0.4, -0.2) is 29.0 Å². The number of nitrogens with one attached hydrogen (secondary N) is 1. The molecule has 27 heavy (non-hydrogen) atoms. The van der Waals surface area contributed by atoms with E-state index in [0.29, 0.717) is 5.92 Å². The van der Waals surface area contributed by atoms with Gasteiger partial charge in [0.15, 0.2) is 0 Å². The second kappa shape index (κ2) is 7.62. The van der Waals surface area contributed by atoms with Crippen molar-refractivity contribution >= 4 is 11.7 Å². The summed E-state index contributed by atoms with van der Waals surface area (Å²) in [6.07, 6.45) is 4.62. The average molecular weight is 357 g/mol. The van der Waals surface area contributed by atoms with Crippen LogP contribution in [0.25, 0.3) is 11.1 Å². The van der Waals surface area contributed by atoms with E-state index < -0.39 is 0 Å². The van der Waals surface area contributed by atoms with Gasteiger partial charge in [0.1, 0.15) is 0 Å². The van der Waals surface area contributed by atoms with E-state index >= 15 is 0 Å². The summed E-state index contributed by atoms with van der Waals surface area (Å²) >= 11 is 0. The van der Waals surface area contributed by atoms with Gasteiger partial charge in [-0.15, -0.1) is 0 Å². The van der Waals surface area contributed by atoms with Gasteiger partial charge in [-0.25, -0.2) is 4.79 Å². The number of aromatic nitrogens is 1. The molecule has 4 rings (SSSR count). The number of urea groups is 1. The molecule has 1 aliphatic heterocycles. The fraction of sp³-hybridized carbons (Fsp3) is 0.217. The first kappa shape index (κ1) is 17.3. The second-order valence-corrected chi connectivity index (χ2v) is 7.16. The van der Waals surface area contributed by atoms with Gasteiger partial charge in [-0.05, 0) is 65.8 Å². The summed E-state index contributed by atoms with van der Waals surface area (Å²) in [7, 11) is 0. The van der Waals surface area contributed by atoms with Crippen LogP contribution < -0.4 is 5.32 Å². The highest BCUT2D eigenvalue weighted by molar-refractivity contribution is 5.90. The van der Waals surface area contributed by atoms with E-state index in [4.69, 9.17) is 0 Å². The molecule has 4 nitrogen and oxygen atoms in total. The molecule has 0 saturated carbocycles. The molecule has 1 fully saturated rings. The maximum atomic E-state index is 12.5. The maximum Gasteiger partial charge on any atom is 0.321 e. The number of likely N-dealkylation sites (tertiary alicyclic amines) is 1. The Morgan fingerprint density at radius 1 is 1.07 bits per heavy atom. The van der Waals surface area contributed by atoms with E-state index in [1.54, 1.807) is 12.4 Å². The van der Waals surface area contributed by atoms with Crippen molar-refractivity contribution in [1.82, 2.24) is 9.88 Å². The normalized spacial score (nSPS) is 13.9. The highest BCUT2D eigenvalue weighted by atomic mass is 16.2. The molecule has 1 aromatic heterocycles. The predicted octanol–water partition coefficient (Wildman–Crippen LogP) is 4.76. The van der Waals surface area contributed by atoms with Crippen molar-refractivity contribution in [3.63, 3.8) is 0 Å². The van der Waals surface area contributed by atoms with Crippen molar-refractivity contribution in [3.8, 4) is 11.1 Å². The molecule has 1 saturated heterocycles. The first-order valence-electron chi connectivity index (χ1n) is 9.30. The molecule has 2 amide bonds. The minimum Gasteiger partial charge on any atom is -0.324 e. The zero-order valence-corrected chi connectivity index (χ0v) is 15.4. The Hall–Kier alpha value is -3.14. The third-order valence-corrected chi connectivity index (χ3v) is 5.08. The summed E-state index contributed by atoms with van der Waals surface area (Å²) in [5.41, 5.74) is 5.59. The van der Waals surface area contributed by atoms with Gasteiger partial charge in [0.05, 0.1) is 0 Å². The van der Waals surface area contributed by atoms with Crippen LogP contribution >= 0.6 is 0 Å². The van der Waals surface area contributed by atoms with Crippen molar-refractivity contribution in [2.45, 2.75) is 13.3 Å². The van der Waals surface area contributed by atoms with Crippen LogP contribution in [0.4, 0.5) is 10.5 Å². The molecule has 1 N–H and O–H groups in total. The Kier molecular flexibility index (Phi) is 4.88. The molecule has 1 aliphatic rings. The third kappa shape index (κ3) is 4.00. The fourth-order valence-corrected chi connectivity index (χ4v) is 3.61. The smallest absolute Gasteiger partial charge is 0.321 e. The molecule has 0 bridgehead atoms. The minimum absolute atomic E-state index is 0.0182. The molecular weight excluding hydrogens is 334 g/mol. The lowest BCUT2D eigenvalue weighted by molar-refractivity contribution is 0.131. The van der Waals surface area contributed by atoms with Crippen LogP contribution in [-0.2, 0) is 6.42 Å². The van der Waals surface area contributed by atoms with Crippen molar-refractivity contribution < 1.29 is 4.79 Å². The molecule has 0 radical (unpaired) electrons. The summed E-state index contributed by atoms with van der Waals surface area (Å²) in [5.74, 6) is 0.550. The van der Waals surface area contributed by atoms with Gasteiger partial charge in [0.25, 0.3) is 0 Å². The lowest BCUT2D eigenvalue weighted by Gasteiger charge is -2.39. The van der Waals surface area contributed by atoms with Gasteiger partial charge in [0, 0.05) is 31.2 Å². The van der Waals surface area contributed by atoms with Crippen LogP contribution in [0.1, 0.15) is 11.1 Å². The van der Waals surface area contributed by atoms with Crippen LogP contribution in [0.5, 0.6) is 0 Å². The zero-order valence-electron chi connectivity index (χ0n) is 15.4. The van der Waals surface area contributed by atoms with Gasteiger partial charge < -0.3 is 10.2 Å². The summed E-state index contributed by atoms with van der Waals surface area (Å²) in [4.78, 5) is 18.4. The number of rotatable bonds is 4. The number of amides is 2. The van der Waals surface area contributed by atoms with E-state index in [2.05, 4.69) is 47.6 Å². The quantitative estimate of drug-likeness (QED) is 0.731. The SMILES string of the molecule is Cc1cc(NC(=O)N2CC(Cc3ccccc3)C2)ccc1-c1ccncc1. The molecule has 3 aromatic rings. The summed E-state index contributed by atoms with van der Waals surface area (Å²) < 4.78 is 0. The van der Waals surface area contributed by atoms with Crippen LogP contribution in [0.15, 0.2) is 73.1 Å². The van der Waals surface area contributed by atoms with Gasteiger partial charge in [-0.3, -0.25) is 4.98 Å².